The van der Waals surface area contributed by atoms with Crippen LogP contribution < -0.4 is 5.73 Å². The molecule has 0 aliphatic rings. The van der Waals surface area contributed by atoms with Crippen LogP contribution >= 0.6 is 25.9 Å². The first-order chi connectivity index (χ1) is 8.25. The van der Waals surface area contributed by atoms with E-state index < -0.39 is 6.10 Å². The molecule has 2 atom stereocenters. The van der Waals surface area contributed by atoms with Gasteiger partial charge in [0.1, 0.15) is 12.7 Å². The van der Waals surface area contributed by atoms with Gasteiger partial charge in [-0.15, -0.1) is 12.4 Å². The quantitative estimate of drug-likeness (QED) is 0.854. The molecule has 0 saturated heterocycles. The van der Waals surface area contributed by atoms with Crippen LogP contribution in [-0.4, -0.2) is 32.0 Å². The second kappa shape index (κ2) is 8.92. The van der Waals surface area contributed by atoms with Crippen molar-refractivity contribution in [3.63, 3.8) is 0 Å². The highest BCUT2D eigenvalue weighted by atomic mass is 35.5. The van der Waals surface area contributed by atoms with E-state index in [1.165, 1.54) is 6.33 Å². The van der Waals surface area contributed by atoms with Gasteiger partial charge in [0, 0.05) is 6.04 Å². The van der Waals surface area contributed by atoms with Crippen molar-refractivity contribution >= 4 is 25.9 Å². The lowest BCUT2D eigenvalue weighted by Gasteiger charge is -2.18. The van der Waals surface area contributed by atoms with Crippen molar-refractivity contribution in [3.05, 3.63) is 48.5 Å². The molecule has 19 heavy (non-hydrogen) atoms. The molecule has 0 fully saturated rings. The zero-order chi connectivity index (χ0) is 12.1. The SMILES string of the molecule is Cl.N[C@H](Cc1ccccc1)[C@@H](O)Cn1cncn1.S. The summed E-state index contributed by atoms with van der Waals surface area (Å²) in [5.74, 6) is 0. The molecule has 3 N–H and O–H groups in total. The topological polar surface area (TPSA) is 77.0 Å². The third-order valence-electron chi connectivity index (χ3n) is 2.65. The third kappa shape index (κ3) is 5.61. The number of aliphatic hydroxyl groups is 1. The molecule has 106 valence electrons. The Balaban J connectivity index is 0.00000162. The van der Waals surface area contributed by atoms with Crippen LogP contribution in [0.3, 0.4) is 0 Å². The van der Waals surface area contributed by atoms with Gasteiger partial charge in [-0.1, -0.05) is 30.3 Å². The van der Waals surface area contributed by atoms with Gasteiger partial charge in [0.25, 0.3) is 0 Å². The molecular weight excluding hydrogens is 284 g/mol. The molecule has 0 bridgehead atoms. The summed E-state index contributed by atoms with van der Waals surface area (Å²) >= 11 is 0. The number of hydrogen-bond acceptors (Lipinski definition) is 4. The van der Waals surface area contributed by atoms with E-state index in [0.717, 1.165) is 5.56 Å². The minimum Gasteiger partial charge on any atom is -0.390 e. The number of hydrogen-bond donors (Lipinski definition) is 2. The molecular formula is C12H19ClN4OS. The molecule has 1 aromatic heterocycles. The van der Waals surface area contributed by atoms with Crippen molar-refractivity contribution in [2.75, 3.05) is 0 Å². The average molecular weight is 303 g/mol. The van der Waals surface area contributed by atoms with E-state index >= 15 is 0 Å². The molecule has 0 spiro atoms. The van der Waals surface area contributed by atoms with Gasteiger partial charge in [0.2, 0.25) is 0 Å². The molecule has 0 radical (unpaired) electrons. The lowest BCUT2D eigenvalue weighted by atomic mass is 10.0. The molecule has 2 rings (SSSR count). The molecule has 1 aromatic carbocycles. The first kappa shape index (κ1) is 17.9. The fourth-order valence-electron chi connectivity index (χ4n) is 1.68. The number of aliphatic hydroxyl groups excluding tert-OH is 1. The smallest absolute Gasteiger partial charge is 0.137 e. The minimum absolute atomic E-state index is 0. The lowest BCUT2D eigenvalue weighted by Crippen LogP contribution is -2.39. The van der Waals surface area contributed by atoms with E-state index in [1.807, 2.05) is 30.3 Å². The van der Waals surface area contributed by atoms with Gasteiger partial charge in [0.15, 0.2) is 0 Å². The van der Waals surface area contributed by atoms with Crippen molar-refractivity contribution in [2.45, 2.75) is 25.1 Å². The maximum absolute atomic E-state index is 9.94. The first-order valence-corrected chi connectivity index (χ1v) is 5.55. The predicted molar refractivity (Wildman–Crippen MR) is 81.8 cm³/mol. The fraction of sp³-hybridized carbons (Fsp3) is 0.333. The summed E-state index contributed by atoms with van der Waals surface area (Å²) in [7, 11) is 0. The van der Waals surface area contributed by atoms with Crippen LogP contribution in [0.2, 0.25) is 0 Å². The normalized spacial score (nSPS) is 12.9. The van der Waals surface area contributed by atoms with Crippen LogP contribution in [0, 0.1) is 0 Å². The van der Waals surface area contributed by atoms with Crippen LogP contribution in [0.5, 0.6) is 0 Å². The number of rotatable bonds is 5. The zero-order valence-corrected chi connectivity index (χ0v) is 12.2. The van der Waals surface area contributed by atoms with Crippen molar-refractivity contribution in [1.29, 1.82) is 0 Å². The van der Waals surface area contributed by atoms with E-state index in [4.69, 9.17) is 5.73 Å². The number of aromatic nitrogens is 3. The highest BCUT2D eigenvalue weighted by molar-refractivity contribution is 7.59. The van der Waals surface area contributed by atoms with Crippen LogP contribution in [0.4, 0.5) is 0 Å². The molecule has 1 heterocycles. The largest absolute Gasteiger partial charge is 0.390 e. The summed E-state index contributed by atoms with van der Waals surface area (Å²) in [6.07, 6.45) is 3.03. The summed E-state index contributed by atoms with van der Waals surface area (Å²) in [5.41, 5.74) is 7.08. The van der Waals surface area contributed by atoms with E-state index in [9.17, 15) is 5.11 Å². The Kier molecular flexibility index (Phi) is 8.42. The number of halogens is 1. The molecule has 0 saturated carbocycles. The Morgan fingerprint density at radius 2 is 1.95 bits per heavy atom. The van der Waals surface area contributed by atoms with Crippen LogP contribution in [0.25, 0.3) is 0 Å². The summed E-state index contributed by atoms with van der Waals surface area (Å²) in [5, 5.41) is 13.9. The average Bonchev–Trinajstić information content (AvgIpc) is 2.83. The third-order valence-corrected chi connectivity index (χ3v) is 2.65. The van der Waals surface area contributed by atoms with E-state index in [1.54, 1.807) is 11.0 Å². The zero-order valence-electron chi connectivity index (χ0n) is 10.4. The Morgan fingerprint density at radius 1 is 1.26 bits per heavy atom. The number of benzene rings is 1. The van der Waals surface area contributed by atoms with Gasteiger partial charge in [-0.05, 0) is 12.0 Å². The molecule has 5 nitrogen and oxygen atoms in total. The van der Waals surface area contributed by atoms with E-state index in [0.29, 0.717) is 13.0 Å². The lowest BCUT2D eigenvalue weighted by molar-refractivity contribution is 0.120. The predicted octanol–water partition coefficient (Wildman–Crippen LogP) is 0.744. The fourth-order valence-corrected chi connectivity index (χ4v) is 1.68. The Hall–Kier alpha value is -1.08. The Bertz CT molecular complexity index is 440. The Labute approximate surface area is 125 Å². The maximum Gasteiger partial charge on any atom is 0.137 e. The van der Waals surface area contributed by atoms with Gasteiger partial charge in [-0.2, -0.15) is 18.6 Å². The van der Waals surface area contributed by atoms with Crippen molar-refractivity contribution < 1.29 is 5.11 Å². The highest BCUT2D eigenvalue weighted by Crippen LogP contribution is 2.05. The van der Waals surface area contributed by atoms with Gasteiger partial charge in [-0.25, -0.2) is 4.98 Å². The summed E-state index contributed by atoms with van der Waals surface area (Å²) in [4.78, 5) is 3.82. The second-order valence-corrected chi connectivity index (χ2v) is 4.04. The summed E-state index contributed by atoms with van der Waals surface area (Å²) in [6, 6.07) is 9.59. The summed E-state index contributed by atoms with van der Waals surface area (Å²) in [6.45, 7) is 0.369. The standard InChI is InChI=1S/C12H16N4O.ClH.H2S/c13-11(6-10-4-2-1-3-5-10)12(17)7-16-9-14-8-15-16;;/h1-5,8-9,11-12,17H,6-7,13H2;1H;1H2/t11-,12+;;/m1../s1. The van der Waals surface area contributed by atoms with E-state index in [2.05, 4.69) is 10.1 Å². The van der Waals surface area contributed by atoms with Gasteiger partial charge in [0.05, 0.1) is 12.6 Å². The van der Waals surface area contributed by atoms with E-state index in [-0.39, 0.29) is 31.9 Å². The van der Waals surface area contributed by atoms with Crippen molar-refractivity contribution in [2.24, 2.45) is 5.73 Å². The molecule has 0 amide bonds. The molecule has 0 aliphatic carbocycles. The minimum atomic E-state index is -0.628. The second-order valence-electron chi connectivity index (χ2n) is 4.04. The van der Waals surface area contributed by atoms with Gasteiger partial charge >= 0.3 is 0 Å². The Morgan fingerprint density at radius 3 is 2.53 bits per heavy atom. The van der Waals surface area contributed by atoms with Crippen molar-refractivity contribution in [3.8, 4) is 0 Å². The van der Waals surface area contributed by atoms with Crippen LogP contribution in [0.15, 0.2) is 43.0 Å². The van der Waals surface area contributed by atoms with Gasteiger partial charge < -0.3 is 10.8 Å². The van der Waals surface area contributed by atoms with Gasteiger partial charge in [-0.3, -0.25) is 4.68 Å². The number of nitrogens with zero attached hydrogens (tertiary/aromatic N) is 3. The van der Waals surface area contributed by atoms with Crippen LogP contribution in [0.1, 0.15) is 5.56 Å². The maximum atomic E-state index is 9.94. The van der Waals surface area contributed by atoms with Crippen molar-refractivity contribution in [1.82, 2.24) is 14.8 Å². The highest BCUT2D eigenvalue weighted by Gasteiger charge is 2.15. The molecule has 0 unspecified atom stereocenters. The molecule has 2 aromatic rings. The first-order valence-electron chi connectivity index (χ1n) is 5.55. The summed E-state index contributed by atoms with van der Waals surface area (Å²) < 4.78 is 1.58. The molecule has 7 heteroatoms. The molecule has 0 aliphatic heterocycles. The number of nitrogens with two attached hydrogens (primary N) is 1. The monoisotopic (exact) mass is 302 g/mol. The van der Waals surface area contributed by atoms with Crippen LogP contribution in [-0.2, 0) is 13.0 Å².